The van der Waals surface area contributed by atoms with Gasteiger partial charge in [-0.25, -0.2) is 0 Å². The van der Waals surface area contributed by atoms with E-state index in [0.717, 1.165) is 17.5 Å². The molecule has 66 valence electrons. The molecule has 0 aliphatic rings. The third kappa shape index (κ3) is 1.16. The molecule has 0 aliphatic carbocycles. The van der Waals surface area contributed by atoms with Crippen LogP contribution in [0.1, 0.15) is 10.4 Å². The van der Waals surface area contributed by atoms with Crippen molar-refractivity contribution in [2.24, 2.45) is 7.05 Å². The van der Waals surface area contributed by atoms with E-state index in [4.69, 9.17) is 0 Å². The number of nitrogens with one attached hydrogen (secondary N) is 1. The van der Waals surface area contributed by atoms with Crippen LogP contribution in [0.15, 0.2) is 24.7 Å². The Morgan fingerprint density at radius 2 is 2.46 bits per heavy atom. The molecule has 0 amide bonds. The van der Waals surface area contributed by atoms with Crippen molar-refractivity contribution >= 4 is 6.29 Å². The van der Waals surface area contributed by atoms with Crippen LogP contribution >= 0.6 is 0 Å². The highest BCUT2D eigenvalue weighted by molar-refractivity contribution is 5.85. The Kier molecular flexibility index (Phi) is 1.73. The summed E-state index contributed by atoms with van der Waals surface area (Å²) in [6, 6.07) is 1.91. The second-order valence-corrected chi connectivity index (χ2v) is 2.79. The van der Waals surface area contributed by atoms with E-state index in [9.17, 15) is 4.79 Å². The van der Waals surface area contributed by atoms with Crippen molar-refractivity contribution in [3.8, 4) is 11.3 Å². The SMILES string of the molecule is Cn1ncc(C=O)c1-c1cc[nH]c1. The lowest BCUT2D eigenvalue weighted by atomic mass is 10.1. The summed E-state index contributed by atoms with van der Waals surface area (Å²) in [5, 5.41) is 4.01. The molecular formula is C9H9N3O. The van der Waals surface area contributed by atoms with Gasteiger partial charge in [-0.1, -0.05) is 0 Å². The number of aromatic amines is 1. The summed E-state index contributed by atoms with van der Waals surface area (Å²) in [4.78, 5) is 13.6. The maximum absolute atomic E-state index is 10.7. The van der Waals surface area contributed by atoms with Crippen molar-refractivity contribution in [2.75, 3.05) is 0 Å². The maximum Gasteiger partial charge on any atom is 0.153 e. The van der Waals surface area contributed by atoms with Crippen LogP contribution in [0.3, 0.4) is 0 Å². The molecule has 2 aromatic rings. The largest absolute Gasteiger partial charge is 0.367 e. The predicted molar refractivity (Wildman–Crippen MR) is 48.4 cm³/mol. The van der Waals surface area contributed by atoms with E-state index in [1.165, 1.54) is 0 Å². The number of hydrogen-bond acceptors (Lipinski definition) is 2. The van der Waals surface area contributed by atoms with E-state index >= 15 is 0 Å². The van der Waals surface area contributed by atoms with Crippen LogP contribution in [0.25, 0.3) is 11.3 Å². The molecule has 13 heavy (non-hydrogen) atoms. The van der Waals surface area contributed by atoms with Crippen LogP contribution in [0.2, 0.25) is 0 Å². The van der Waals surface area contributed by atoms with Gasteiger partial charge in [0.05, 0.1) is 17.5 Å². The van der Waals surface area contributed by atoms with E-state index in [0.29, 0.717) is 5.56 Å². The lowest BCUT2D eigenvalue weighted by Gasteiger charge is -1.98. The van der Waals surface area contributed by atoms with Crippen molar-refractivity contribution in [3.63, 3.8) is 0 Å². The van der Waals surface area contributed by atoms with Gasteiger partial charge in [-0.05, 0) is 6.07 Å². The molecule has 4 heteroatoms. The number of rotatable bonds is 2. The molecule has 0 saturated carbocycles. The molecule has 2 aromatic heterocycles. The minimum Gasteiger partial charge on any atom is -0.367 e. The summed E-state index contributed by atoms with van der Waals surface area (Å²) >= 11 is 0. The number of nitrogens with zero attached hydrogens (tertiary/aromatic N) is 2. The Morgan fingerprint density at radius 3 is 3.08 bits per heavy atom. The summed E-state index contributed by atoms with van der Waals surface area (Å²) in [5.41, 5.74) is 2.43. The summed E-state index contributed by atoms with van der Waals surface area (Å²) in [6.45, 7) is 0. The van der Waals surface area contributed by atoms with Gasteiger partial charge >= 0.3 is 0 Å². The van der Waals surface area contributed by atoms with Gasteiger partial charge in [-0.2, -0.15) is 5.10 Å². The van der Waals surface area contributed by atoms with Gasteiger partial charge in [0.25, 0.3) is 0 Å². The van der Waals surface area contributed by atoms with Gasteiger partial charge < -0.3 is 4.98 Å². The van der Waals surface area contributed by atoms with E-state index in [2.05, 4.69) is 10.1 Å². The molecule has 0 aliphatic heterocycles. The highest BCUT2D eigenvalue weighted by Gasteiger charge is 2.09. The number of hydrogen-bond donors (Lipinski definition) is 1. The average Bonchev–Trinajstić information content (AvgIpc) is 2.72. The standard InChI is InChI=1S/C9H9N3O/c1-12-9(7-2-3-10-4-7)8(6-13)5-11-12/h2-6,10H,1H3. The minimum absolute atomic E-state index is 0.613. The van der Waals surface area contributed by atoms with Crippen LogP contribution in [0.4, 0.5) is 0 Å². The van der Waals surface area contributed by atoms with Crippen molar-refractivity contribution in [1.29, 1.82) is 0 Å². The number of carbonyl (C=O) groups excluding carboxylic acids is 1. The van der Waals surface area contributed by atoms with Crippen LogP contribution in [0, 0.1) is 0 Å². The lowest BCUT2D eigenvalue weighted by molar-refractivity contribution is 0.112. The van der Waals surface area contributed by atoms with Crippen LogP contribution in [0.5, 0.6) is 0 Å². The van der Waals surface area contributed by atoms with E-state index in [1.54, 1.807) is 10.9 Å². The fourth-order valence-electron chi connectivity index (χ4n) is 1.37. The molecule has 4 nitrogen and oxygen atoms in total. The lowest BCUT2D eigenvalue weighted by Crippen LogP contribution is -1.93. The maximum atomic E-state index is 10.7. The normalized spacial score (nSPS) is 10.2. The molecule has 0 unspecified atom stereocenters. The topological polar surface area (TPSA) is 50.7 Å². The second-order valence-electron chi connectivity index (χ2n) is 2.79. The molecule has 0 spiro atoms. The average molecular weight is 175 g/mol. The minimum atomic E-state index is 0.613. The number of aromatic nitrogens is 3. The molecular weight excluding hydrogens is 166 g/mol. The van der Waals surface area contributed by atoms with Gasteiger partial charge in [-0.3, -0.25) is 9.48 Å². The second kappa shape index (κ2) is 2.90. The van der Waals surface area contributed by atoms with Crippen molar-refractivity contribution < 1.29 is 4.79 Å². The molecule has 0 radical (unpaired) electrons. The Bertz CT molecular complexity index is 414. The molecule has 0 aromatic carbocycles. The number of carbonyl (C=O) groups is 1. The van der Waals surface area contributed by atoms with Crippen molar-refractivity contribution in [3.05, 3.63) is 30.2 Å². The zero-order valence-corrected chi connectivity index (χ0v) is 7.19. The summed E-state index contributed by atoms with van der Waals surface area (Å²) in [6.07, 6.45) is 6.03. The van der Waals surface area contributed by atoms with E-state index in [1.807, 2.05) is 25.5 Å². The monoisotopic (exact) mass is 175 g/mol. The first-order chi connectivity index (χ1) is 6.33. The molecule has 0 saturated heterocycles. The molecule has 0 bridgehead atoms. The Hall–Kier alpha value is -1.84. The van der Waals surface area contributed by atoms with Crippen LogP contribution in [-0.4, -0.2) is 21.1 Å². The Labute approximate surface area is 75.2 Å². The fraction of sp³-hybridized carbons (Fsp3) is 0.111. The van der Waals surface area contributed by atoms with Gasteiger partial charge in [-0.15, -0.1) is 0 Å². The van der Waals surface area contributed by atoms with Crippen LogP contribution in [-0.2, 0) is 7.05 Å². The van der Waals surface area contributed by atoms with Crippen molar-refractivity contribution in [2.45, 2.75) is 0 Å². The van der Waals surface area contributed by atoms with Gasteiger partial charge in [0.2, 0.25) is 0 Å². The van der Waals surface area contributed by atoms with Crippen LogP contribution < -0.4 is 0 Å². The first kappa shape index (κ1) is 7.79. The Balaban J connectivity index is 2.62. The number of H-pyrrole nitrogens is 1. The highest BCUT2D eigenvalue weighted by atomic mass is 16.1. The summed E-state index contributed by atoms with van der Waals surface area (Å²) in [7, 11) is 1.81. The Morgan fingerprint density at radius 1 is 1.62 bits per heavy atom. The third-order valence-electron chi connectivity index (χ3n) is 1.97. The third-order valence-corrected chi connectivity index (χ3v) is 1.97. The smallest absolute Gasteiger partial charge is 0.153 e. The van der Waals surface area contributed by atoms with Gasteiger partial charge in [0.15, 0.2) is 6.29 Å². The molecule has 1 N–H and O–H groups in total. The highest BCUT2D eigenvalue weighted by Crippen LogP contribution is 2.20. The molecule has 0 fully saturated rings. The molecule has 0 atom stereocenters. The number of aryl methyl sites for hydroxylation is 1. The quantitative estimate of drug-likeness (QED) is 0.698. The van der Waals surface area contributed by atoms with Crippen molar-refractivity contribution in [1.82, 2.24) is 14.8 Å². The molecule has 2 heterocycles. The fourth-order valence-corrected chi connectivity index (χ4v) is 1.37. The van der Waals surface area contributed by atoms with Gasteiger partial charge in [0, 0.05) is 25.0 Å². The zero-order valence-electron chi connectivity index (χ0n) is 7.19. The zero-order chi connectivity index (χ0) is 9.26. The first-order valence-electron chi connectivity index (χ1n) is 3.93. The molecule has 2 rings (SSSR count). The number of aldehydes is 1. The van der Waals surface area contributed by atoms with Gasteiger partial charge in [0.1, 0.15) is 0 Å². The van der Waals surface area contributed by atoms with E-state index < -0.39 is 0 Å². The summed E-state index contributed by atoms with van der Waals surface area (Å²) in [5.74, 6) is 0. The first-order valence-corrected chi connectivity index (χ1v) is 3.93. The predicted octanol–water partition coefficient (Wildman–Crippen LogP) is 1.23. The van der Waals surface area contributed by atoms with E-state index in [-0.39, 0.29) is 0 Å². The summed E-state index contributed by atoms with van der Waals surface area (Å²) < 4.78 is 1.69.